The fourth-order valence-corrected chi connectivity index (χ4v) is 6.32. The Morgan fingerprint density at radius 2 is 1.84 bits per heavy atom. The number of benzene rings is 1. The Hall–Kier alpha value is -2.49. The number of unbranched alkanes of at least 4 members (excludes halogenated alkanes) is 1. The quantitative estimate of drug-likeness (QED) is 0.431. The van der Waals surface area contributed by atoms with Crippen molar-refractivity contribution in [2.45, 2.75) is 88.9 Å². The van der Waals surface area contributed by atoms with E-state index in [1.165, 1.54) is 13.5 Å². The van der Waals surface area contributed by atoms with E-state index in [9.17, 15) is 19.5 Å². The number of rotatable bonds is 10. The van der Waals surface area contributed by atoms with Gasteiger partial charge in [-0.2, -0.15) is 0 Å². The number of methoxy groups -OCH3 is 1. The van der Waals surface area contributed by atoms with Gasteiger partial charge in [0.2, 0.25) is 17.7 Å². The van der Waals surface area contributed by atoms with Crippen LogP contribution in [0.15, 0.2) is 24.3 Å². The molecule has 1 aromatic rings. The maximum atomic E-state index is 13.8. The molecule has 0 aromatic heterocycles. The fourth-order valence-electron chi connectivity index (χ4n) is 6.32. The van der Waals surface area contributed by atoms with Crippen molar-refractivity contribution in [3.8, 4) is 0 Å². The second kappa shape index (κ2) is 13.0. The van der Waals surface area contributed by atoms with Crippen molar-refractivity contribution in [2.75, 3.05) is 38.7 Å². The Balaban J connectivity index is 1.40. The minimum Gasteiger partial charge on any atom is -0.390 e. The molecule has 1 aliphatic carbocycles. The van der Waals surface area contributed by atoms with Crippen molar-refractivity contribution in [3.05, 3.63) is 29.8 Å². The minimum absolute atomic E-state index is 0.0168. The van der Waals surface area contributed by atoms with E-state index in [-0.39, 0.29) is 30.2 Å². The predicted molar refractivity (Wildman–Crippen MR) is 145 cm³/mol. The summed E-state index contributed by atoms with van der Waals surface area (Å²) in [4.78, 5) is 43.3. The predicted octanol–water partition coefficient (Wildman–Crippen LogP) is 2.67. The molecular weight excluding hydrogens is 484 g/mol. The van der Waals surface area contributed by atoms with Crippen LogP contribution in [0.1, 0.15) is 70.3 Å². The smallest absolute Gasteiger partial charge is 0.250 e. The third kappa shape index (κ3) is 6.38. The molecule has 1 aromatic carbocycles. The van der Waals surface area contributed by atoms with Gasteiger partial charge in [0.15, 0.2) is 0 Å². The van der Waals surface area contributed by atoms with Gasteiger partial charge in [0.05, 0.1) is 6.10 Å². The lowest BCUT2D eigenvalue weighted by molar-refractivity contribution is -0.166. The second-order valence-corrected chi connectivity index (χ2v) is 11.2. The van der Waals surface area contributed by atoms with Crippen molar-refractivity contribution >= 4 is 23.4 Å². The summed E-state index contributed by atoms with van der Waals surface area (Å²) in [7, 11) is 1.49. The third-order valence-corrected chi connectivity index (χ3v) is 8.57. The summed E-state index contributed by atoms with van der Waals surface area (Å²) < 4.78 is 4.85. The normalized spacial score (nSPS) is 23.3. The van der Waals surface area contributed by atoms with E-state index in [0.717, 1.165) is 56.3 Å². The zero-order valence-electron chi connectivity index (χ0n) is 22.9. The van der Waals surface area contributed by atoms with Crippen LogP contribution in [0.5, 0.6) is 0 Å². The number of hydrogen-bond donors (Lipinski definition) is 3. The van der Waals surface area contributed by atoms with E-state index < -0.39 is 17.7 Å². The van der Waals surface area contributed by atoms with Crippen LogP contribution >= 0.6 is 0 Å². The summed E-state index contributed by atoms with van der Waals surface area (Å²) in [6, 6.07) is 6.91. The van der Waals surface area contributed by atoms with Crippen LogP contribution in [-0.2, 0) is 25.7 Å². The number of piperazine rings is 1. The molecule has 0 radical (unpaired) electrons. The summed E-state index contributed by atoms with van der Waals surface area (Å²) in [5.41, 5.74) is 0.997. The summed E-state index contributed by atoms with van der Waals surface area (Å²) >= 11 is 0. The molecule has 210 valence electrons. The molecule has 2 heterocycles. The molecule has 9 nitrogen and oxygen atoms in total. The minimum atomic E-state index is -0.846. The number of piperidine rings is 1. The number of likely N-dealkylation sites (tertiary alicyclic amines) is 1. The Bertz CT molecular complexity index is 954. The molecule has 3 aliphatic rings. The zero-order valence-corrected chi connectivity index (χ0v) is 22.9. The lowest BCUT2D eigenvalue weighted by atomic mass is 9.78. The molecule has 4 rings (SSSR count). The van der Waals surface area contributed by atoms with Gasteiger partial charge in [-0.3, -0.25) is 19.3 Å². The first-order chi connectivity index (χ1) is 18.4. The van der Waals surface area contributed by atoms with E-state index in [2.05, 4.69) is 22.5 Å². The third-order valence-electron chi connectivity index (χ3n) is 8.57. The molecule has 2 aliphatic heterocycles. The van der Waals surface area contributed by atoms with E-state index in [0.29, 0.717) is 32.5 Å². The Morgan fingerprint density at radius 1 is 1.16 bits per heavy atom. The monoisotopic (exact) mass is 528 g/mol. The molecular formula is C29H44N4O5. The van der Waals surface area contributed by atoms with E-state index in [1.54, 1.807) is 0 Å². The molecule has 1 saturated carbocycles. The first-order valence-corrected chi connectivity index (χ1v) is 14.3. The van der Waals surface area contributed by atoms with Gasteiger partial charge in [-0.25, -0.2) is 0 Å². The molecule has 0 bridgehead atoms. The van der Waals surface area contributed by atoms with Crippen LogP contribution in [0.4, 0.5) is 5.69 Å². The largest absolute Gasteiger partial charge is 0.390 e. The van der Waals surface area contributed by atoms with Gasteiger partial charge in [0.1, 0.15) is 18.2 Å². The van der Waals surface area contributed by atoms with E-state index in [4.69, 9.17) is 4.74 Å². The summed E-state index contributed by atoms with van der Waals surface area (Å²) in [5.74, 6) is -0.343. The Labute approximate surface area is 226 Å². The Morgan fingerprint density at radius 3 is 2.47 bits per heavy atom. The van der Waals surface area contributed by atoms with Crippen molar-refractivity contribution in [1.29, 1.82) is 0 Å². The van der Waals surface area contributed by atoms with Crippen molar-refractivity contribution < 1.29 is 24.2 Å². The number of aliphatic hydroxyl groups excluding tert-OH is 1. The molecule has 3 fully saturated rings. The molecule has 2 unspecified atom stereocenters. The van der Waals surface area contributed by atoms with Crippen LogP contribution in [0, 0.1) is 5.92 Å². The average Bonchev–Trinajstić information content (AvgIpc) is 2.93. The molecule has 1 spiro atoms. The number of nitrogens with one attached hydrogen (secondary N) is 2. The number of carbonyl (C=O) groups excluding carboxylic acids is 3. The van der Waals surface area contributed by atoms with E-state index in [1.807, 2.05) is 29.2 Å². The van der Waals surface area contributed by atoms with Crippen molar-refractivity contribution in [2.24, 2.45) is 5.92 Å². The SMILES string of the molecule is CCCCN1C(=O)C(C(O)C2CCCCC2)NC(=O)C12CCN(Cc1ccc(NC(=O)COC)cc1)CC2. The van der Waals surface area contributed by atoms with Gasteiger partial charge < -0.3 is 25.4 Å². The lowest BCUT2D eigenvalue weighted by Crippen LogP contribution is -2.75. The maximum Gasteiger partial charge on any atom is 0.250 e. The lowest BCUT2D eigenvalue weighted by Gasteiger charge is -2.52. The van der Waals surface area contributed by atoms with Crippen molar-refractivity contribution in [3.63, 3.8) is 0 Å². The number of carbonyl (C=O) groups is 3. The fraction of sp³-hybridized carbons (Fsp3) is 0.690. The highest BCUT2D eigenvalue weighted by Gasteiger charge is 2.55. The highest BCUT2D eigenvalue weighted by atomic mass is 16.5. The van der Waals surface area contributed by atoms with Crippen LogP contribution in [0.3, 0.4) is 0 Å². The summed E-state index contributed by atoms with van der Waals surface area (Å²) in [6.07, 6.45) is 7.24. The first-order valence-electron chi connectivity index (χ1n) is 14.3. The molecule has 2 atom stereocenters. The number of nitrogens with zero attached hydrogens (tertiary/aromatic N) is 2. The highest BCUT2D eigenvalue weighted by Crippen LogP contribution is 2.36. The first kappa shape index (κ1) is 28.5. The second-order valence-electron chi connectivity index (χ2n) is 11.2. The number of anilines is 1. The number of hydrogen-bond acceptors (Lipinski definition) is 6. The number of aliphatic hydroxyl groups is 1. The Kier molecular flexibility index (Phi) is 9.79. The number of amides is 3. The van der Waals surface area contributed by atoms with Gasteiger partial charge in [-0.15, -0.1) is 0 Å². The van der Waals surface area contributed by atoms with Crippen LogP contribution in [-0.4, -0.2) is 83.7 Å². The van der Waals surface area contributed by atoms with Crippen molar-refractivity contribution in [1.82, 2.24) is 15.1 Å². The van der Waals surface area contributed by atoms with Gasteiger partial charge in [0.25, 0.3) is 0 Å². The summed E-state index contributed by atoms with van der Waals surface area (Å²) in [6.45, 7) is 4.79. The average molecular weight is 529 g/mol. The molecule has 2 saturated heterocycles. The molecule has 9 heteroatoms. The zero-order chi connectivity index (χ0) is 27.1. The topological polar surface area (TPSA) is 111 Å². The summed E-state index contributed by atoms with van der Waals surface area (Å²) in [5, 5.41) is 16.9. The molecule has 3 N–H and O–H groups in total. The standard InChI is InChI=1S/C29H44N4O5/c1-3-4-16-33-27(36)25(26(35)22-8-6-5-7-9-22)31-28(37)29(33)14-17-32(18-15-29)19-21-10-12-23(13-11-21)30-24(34)20-38-2/h10-13,22,25-26,35H,3-9,14-20H2,1-2H3,(H,30,34)(H,31,37). The van der Waals surface area contributed by atoms with Crippen LogP contribution < -0.4 is 10.6 Å². The van der Waals surface area contributed by atoms with Gasteiger partial charge in [0, 0.05) is 39.0 Å². The van der Waals surface area contributed by atoms with Crippen LogP contribution in [0.2, 0.25) is 0 Å². The van der Waals surface area contributed by atoms with E-state index >= 15 is 0 Å². The molecule has 3 amide bonds. The van der Waals surface area contributed by atoms with Crippen LogP contribution in [0.25, 0.3) is 0 Å². The maximum absolute atomic E-state index is 13.8. The highest BCUT2D eigenvalue weighted by molar-refractivity contribution is 6.00. The van der Waals surface area contributed by atoms with Gasteiger partial charge in [-0.05, 0) is 55.7 Å². The van der Waals surface area contributed by atoms with Gasteiger partial charge >= 0.3 is 0 Å². The van der Waals surface area contributed by atoms with Gasteiger partial charge in [-0.1, -0.05) is 44.7 Å². The molecule has 38 heavy (non-hydrogen) atoms. The number of ether oxygens (including phenoxy) is 1.